The molecule has 20 heavy (non-hydrogen) atoms. The molecule has 0 fully saturated rings. The number of rotatable bonds is 5. The van der Waals surface area contributed by atoms with Crippen molar-refractivity contribution >= 4 is 40.4 Å². The van der Waals surface area contributed by atoms with Crippen molar-refractivity contribution in [2.45, 2.75) is 13.5 Å². The summed E-state index contributed by atoms with van der Waals surface area (Å²) in [7, 11) is 0. The first-order valence-electron chi connectivity index (χ1n) is 6.01. The molecule has 0 amide bonds. The van der Waals surface area contributed by atoms with E-state index in [0.29, 0.717) is 30.2 Å². The van der Waals surface area contributed by atoms with Gasteiger partial charge in [0.25, 0.3) is 0 Å². The number of hydrogen-bond donors (Lipinski definition) is 2. The summed E-state index contributed by atoms with van der Waals surface area (Å²) < 4.78 is 5.68. The van der Waals surface area contributed by atoms with E-state index in [1.807, 2.05) is 12.1 Å². The van der Waals surface area contributed by atoms with E-state index < -0.39 is 5.97 Å². The maximum Gasteiger partial charge on any atom is 0.340 e. The number of esters is 1. The molecule has 0 spiro atoms. The van der Waals surface area contributed by atoms with E-state index in [9.17, 15) is 4.79 Å². The maximum atomic E-state index is 11.7. The number of carbonyl (C=O) groups is 1. The summed E-state index contributed by atoms with van der Waals surface area (Å²) in [5.74, 6) is 0.112. The quantitative estimate of drug-likeness (QED) is 0.829. The number of nitrogens with one attached hydrogen (secondary N) is 1. The predicted octanol–water partition coefficient (Wildman–Crippen LogP) is 3.17. The van der Waals surface area contributed by atoms with Gasteiger partial charge in [-0.05, 0) is 25.1 Å². The van der Waals surface area contributed by atoms with Crippen LogP contribution in [0.2, 0.25) is 4.34 Å². The lowest BCUT2D eigenvalue weighted by Gasteiger charge is -2.08. The molecular weight excluding hydrogens is 298 g/mol. The molecule has 0 radical (unpaired) electrons. The Labute approximate surface area is 125 Å². The molecule has 2 aromatic rings. The summed E-state index contributed by atoms with van der Waals surface area (Å²) in [6.07, 6.45) is 1.44. The Balaban J connectivity index is 2.08. The first-order chi connectivity index (χ1) is 9.60. The summed E-state index contributed by atoms with van der Waals surface area (Å²) in [4.78, 5) is 16.9. The Morgan fingerprint density at radius 2 is 2.35 bits per heavy atom. The number of halogens is 1. The van der Waals surface area contributed by atoms with E-state index in [2.05, 4.69) is 10.3 Å². The lowest BCUT2D eigenvalue weighted by molar-refractivity contribution is 0.0527. The van der Waals surface area contributed by atoms with Gasteiger partial charge in [0.15, 0.2) is 0 Å². The van der Waals surface area contributed by atoms with Crippen LogP contribution in [0.5, 0.6) is 0 Å². The van der Waals surface area contributed by atoms with E-state index in [1.54, 1.807) is 13.0 Å². The van der Waals surface area contributed by atoms with E-state index in [1.165, 1.54) is 17.5 Å². The largest absolute Gasteiger partial charge is 0.462 e. The fourth-order valence-electron chi connectivity index (χ4n) is 1.57. The SMILES string of the molecule is CCOC(=O)c1cc(NCc2ccc(Cl)s2)ncc1N. The van der Waals surface area contributed by atoms with Crippen molar-refractivity contribution in [1.29, 1.82) is 0 Å². The summed E-state index contributed by atoms with van der Waals surface area (Å²) in [6.45, 7) is 2.63. The standard InChI is InChI=1S/C13H14ClN3O2S/c1-2-19-13(18)9-5-12(17-7-10(9)15)16-6-8-3-4-11(14)20-8/h3-5,7H,2,6,15H2,1H3,(H,16,17). The van der Waals surface area contributed by atoms with Crippen molar-refractivity contribution in [2.75, 3.05) is 17.7 Å². The van der Waals surface area contributed by atoms with Crippen LogP contribution in [0.15, 0.2) is 24.4 Å². The number of anilines is 2. The van der Waals surface area contributed by atoms with Gasteiger partial charge in [-0.15, -0.1) is 11.3 Å². The van der Waals surface area contributed by atoms with Crippen LogP contribution in [0.4, 0.5) is 11.5 Å². The van der Waals surface area contributed by atoms with Crippen LogP contribution in [0.1, 0.15) is 22.2 Å². The number of nitrogens with zero attached hydrogens (tertiary/aromatic N) is 1. The molecule has 2 aromatic heterocycles. The highest BCUT2D eigenvalue weighted by molar-refractivity contribution is 7.16. The van der Waals surface area contributed by atoms with Gasteiger partial charge in [0.1, 0.15) is 5.82 Å². The highest BCUT2D eigenvalue weighted by Crippen LogP contribution is 2.22. The van der Waals surface area contributed by atoms with Gasteiger partial charge >= 0.3 is 5.97 Å². The van der Waals surface area contributed by atoms with E-state index in [0.717, 1.165) is 9.21 Å². The van der Waals surface area contributed by atoms with Gasteiger partial charge in [0, 0.05) is 4.88 Å². The third-order valence-electron chi connectivity index (χ3n) is 2.50. The fourth-order valence-corrected chi connectivity index (χ4v) is 2.60. The van der Waals surface area contributed by atoms with Crippen LogP contribution in [0, 0.1) is 0 Å². The highest BCUT2D eigenvalue weighted by atomic mass is 35.5. The van der Waals surface area contributed by atoms with Crippen molar-refractivity contribution < 1.29 is 9.53 Å². The summed E-state index contributed by atoms with van der Waals surface area (Å²) >= 11 is 7.35. The van der Waals surface area contributed by atoms with Crippen LogP contribution < -0.4 is 11.1 Å². The Morgan fingerprint density at radius 1 is 1.55 bits per heavy atom. The zero-order chi connectivity index (χ0) is 14.5. The fraction of sp³-hybridized carbons (Fsp3) is 0.231. The number of nitrogen functional groups attached to an aromatic ring is 1. The number of ether oxygens (including phenoxy) is 1. The van der Waals surface area contributed by atoms with E-state index in [-0.39, 0.29) is 0 Å². The van der Waals surface area contributed by atoms with Crippen molar-refractivity contribution in [1.82, 2.24) is 4.98 Å². The van der Waals surface area contributed by atoms with Crippen LogP contribution >= 0.6 is 22.9 Å². The topological polar surface area (TPSA) is 77.2 Å². The normalized spacial score (nSPS) is 10.3. The third-order valence-corrected chi connectivity index (χ3v) is 3.73. The second-order valence-corrected chi connectivity index (χ2v) is 5.74. The highest BCUT2D eigenvalue weighted by Gasteiger charge is 2.12. The molecule has 0 aromatic carbocycles. The van der Waals surface area contributed by atoms with E-state index in [4.69, 9.17) is 22.1 Å². The summed E-state index contributed by atoms with van der Waals surface area (Å²) in [6, 6.07) is 5.36. The molecule has 0 atom stereocenters. The average molecular weight is 312 g/mol. The number of pyridine rings is 1. The molecule has 2 heterocycles. The molecule has 2 rings (SSSR count). The molecule has 0 aliphatic carbocycles. The van der Waals surface area contributed by atoms with Gasteiger partial charge in [-0.2, -0.15) is 0 Å². The van der Waals surface area contributed by atoms with Crippen molar-refractivity contribution in [3.63, 3.8) is 0 Å². The summed E-state index contributed by atoms with van der Waals surface area (Å²) in [5, 5.41) is 3.12. The Morgan fingerprint density at radius 3 is 3.00 bits per heavy atom. The second-order valence-electron chi connectivity index (χ2n) is 3.94. The van der Waals surface area contributed by atoms with Crippen LogP contribution in [-0.2, 0) is 11.3 Å². The van der Waals surface area contributed by atoms with Gasteiger partial charge in [0.2, 0.25) is 0 Å². The second kappa shape index (κ2) is 6.58. The Hall–Kier alpha value is -1.79. The zero-order valence-corrected chi connectivity index (χ0v) is 12.4. The lowest BCUT2D eigenvalue weighted by Crippen LogP contribution is -2.10. The Kier molecular flexibility index (Phi) is 4.81. The minimum Gasteiger partial charge on any atom is -0.462 e. The minimum atomic E-state index is -0.449. The molecule has 0 unspecified atom stereocenters. The molecule has 7 heteroatoms. The van der Waals surface area contributed by atoms with Crippen molar-refractivity contribution in [2.24, 2.45) is 0 Å². The van der Waals surface area contributed by atoms with Crippen LogP contribution in [0.25, 0.3) is 0 Å². The van der Waals surface area contributed by atoms with Crippen LogP contribution in [-0.4, -0.2) is 17.6 Å². The molecule has 0 aliphatic rings. The van der Waals surface area contributed by atoms with Crippen molar-refractivity contribution in [3.05, 3.63) is 39.2 Å². The number of thiophene rings is 1. The summed E-state index contributed by atoms with van der Waals surface area (Å²) in [5.41, 5.74) is 6.34. The molecule has 0 bridgehead atoms. The molecule has 3 N–H and O–H groups in total. The van der Waals surface area contributed by atoms with Gasteiger partial charge < -0.3 is 15.8 Å². The molecule has 0 saturated heterocycles. The molecule has 5 nitrogen and oxygen atoms in total. The van der Waals surface area contributed by atoms with Gasteiger partial charge in [-0.1, -0.05) is 11.6 Å². The van der Waals surface area contributed by atoms with E-state index >= 15 is 0 Å². The Bertz CT molecular complexity index is 615. The molecular formula is C13H14ClN3O2S. The maximum absolute atomic E-state index is 11.7. The number of carbonyl (C=O) groups excluding carboxylic acids is 1. The number of aromatic nitrogens is 1. The number of hydrogen-bond acceptors (Lipinski definition) is 6. The first-order valence-corrected chi connectivity index (χ1v) is 7.20. The lowest BCUT2D eigenvalue weighted by atomic mass is 10.2. The smallest absolute Gasteiger partial charge is 0.340 e. The predicted molar refractivity (Wildman–Crippen MR) is 81.3 cm³/mol. The first kappa shape index (κ1) is 14.6. The third kappa shape index (κ3) is 3.61. The minimum absolute atomic E-state index is 0.299. The molecule has 0 saturated carbocycles. The van der Waals surface area contributed by atoms with Gasteiger partial charge in [-0.3, -0.25) is 0 Å². The van der Waals surface area contributed by atoms with Gasteiger partial charge in [0.05, 0.1) is 34.9 Å². The van der Waals surface area contributed by atoms with Gasteiger partial charge in [-0.25, -0.2) is 9.78 Å². The molecule has 0 aliphatic heterocycles. The average Bonchev–Trinajstić information content (AvgIpc) is 2.84. The van der Waals surface area contributed by atoms with Crippen LogP contribution in [0.3, 0.4) is 0 Å². The number of nitrogens with two attached hydrogens (primary N) is 1. The zero-order valence-electron chi connectivity index (χ0n) is 10.9. The monoisotopic (exact) mass is 311 g/mol. The van der Waals surface area contributed by atoms with Crippen molar-refractivity contribution in [3.8, 4) is 0 Å². The molecule has 106 valence electrons.